The molecule has 0 aliphatic carbocycles. The fourth-order valence-electron chi connectivity index (χ4n) is 4.98. The molecule has 0 spiro atoms. The number of aliphatic imine (C=N–C) groups is 1. The molecule has 3 aromatic rings. The van der Waals surface area contributed by atoms with E-state index < -0.39 is 17.7 Å². The third-order valence-corrected chi connectivity index (χ3v) is 7.76. The number of benzene rings is 1. The molecule has 1 fully saturated rings. The fraction of sp³-hybridized carbons (Fsp3) is 0.481. The third kappa shape index (κ3) is 4.64. The van der Waals surface area contributed by atoms with Gasteiger partial charge in [0.15, 0.2) is 10.9 Å². The van der Waals surface area contributed by atoms with Gasteiger partial charge in [-0.1, -0.05) is 17.4 Å². The molecule has 1 saturated heterocycles. The van der Waals surface area contributed by atoms with Crippen LogP contribution in [0.1, 0.15) is 73.8 Å². The number of nitrogens with zero attached hydrogens (tertiary/aromatic N) is 5. The number of hydrogen-bond donors (Lipinski definition) is 0. The van der Waals surface area contributed by atoms with E-state index in [1.165, 1.54) is 29.5 Å². The van der Waals surface area contributed by atoms with Crippen molar-refractivity contribution in [2.24, 2.45) is 4.99 Å². The van der Waals surface area contributed by atoms with Crippen LogP contribution in [0.5, 0.6) is 5.06 Å². The number of ether oxygens (including phenoxy) is 3. The Kier molecular flexibility index (Phi) is 6.31. The minimum absolute atomic E-state index is 0.0295. The average molecular weight is 558 g/mol. The maximum absolute atomic E-state index is 15.1. The molecule has 0 unspecified atom stereocenters. The molecular formula is C27H29F2N5O4S. The first-order valence-corrected chi connectivity index (χ1v) is 13.7. The van der Waals surface area contributed by atoms with Crippen molar-refractivity contribution in [2.75, 3.05) is 19.7 Å². The molecule has 0 bridgehead atoms. The first kappa shape index (κ1) is 26.0. The Labute approximate surface area is 228 Å². The summed E-state index contributed by atoms with van der Waals surface area (Å²) >= 11 is 1.27. The highest BCUT2D eigenvalue weighted by atomic mass is 32.1. The van der Waals surface area contributed by atoms with Crippen molar-refractivity contribution in [1.82, 2.24) is 19.7 Å². The SMILES string of the molecule is C[C@@H]1N=C(c2c(F)cccc2F)c2c(sc3c2COC[C@H](C)O3)-n2nc(C(=O)N3CC(OC(C)(C)C)C3)nc21. The lowest BCUT2D eigenvalue weighted by molar-refractivity contribution is -0.113. The Hall–Kier alpha value is -3.22. The highest BCUT2D eigenvalue weighted by molar-refractivity contribution is 7.17. The third-order valence-electron chi connectivity index (χ3n) is 6.66. The number of likely N-dealkylation sites (tertiary alicyclic amines) is 1. The number of thiophene rings is 1. The Bertz CT molecular complexity index is 1470. The average Bonchev–Trinajstić information content (AvgIpc) is 3.33. The largest absolute Gasteiger partial charge is 0.478 e. The van der Waals surface area contributed by atoms with E-state index in [9.17, 15) is 4.79 Å². The lowest BCUT2D eigenvalue weighted by Crippen LogP contribution is -2.56. The Morgan fingerprint density at radius 2 is 1.87 bits per heavy atom. The van der Waals surface area contributed by atoms with Crippen molar-refractivity contribution >= 4 is 23.0 Å². The van der Waals surface area contributed by atoms with Crippen molar-refractivity contribution in [3.05, 3.63) is 58.2 Å². The van der Waals surface area contributed by atoms with E-state index in [0.29, 0.717) is 46.7 Å². The summed E-state index contributed by atoms with van der Waals surface area (Å²) in [4.78, 5) is 24.2. The first-order chi connectivity index (χ1) is 18.5. The van der Waals surface area contributed by atoms with Gasteiger partial charge in [-0.25, -0.2) is 18.4 Å². The predicted molar refractivity (Wildman–Crippen MR) is 140 cm³/mol. The molecule has 0 radical (unpaired) electrons. The molecule has 6 rings (SSSR count). The molecule has 206 valence electrons. The number of carbonyl (C=O) groups excluding carboxylic acids is 1. The summed E-state index contributed by atoms with van der Waals surface area (Å²) < 4.78 is 49.6. The van der Waals surface area contributed by atoms with Crippen LogP contribution in [0.2, 0.25) is 0 Å². The maximum Gasteiger partial charge on any atom is 0.293 e. The zero-order chi connectivity index (χ0) is 27.6. The van der Waals surface area contributed by atoms with Gasteiger partial charge in [0.25, 0.3) is 5.91 Å². The number of amides is 1. The number of rotatable bonds is 3. The number of carbonyl (C=O) groups is 1. The van der Waals surface area contributed by atoms with Gasteiger partial charge in [0, 0.05) is 24.2 Å². The summed E-state index contributed by atoms with van der Waals surface area (Å²) in [7, 11) is 0. The van der Waals surface area contributed by atoms with Gasteiger partial charge in [0.05, 0.1) is 36.2 Å². The van der Waals surface area contributed by atoms with E-state index in [1.807, 2.05) is 27.7 Å². The Morgan fingerprint density at radius 1 is 1.15 bits per heavy atom. The van der Waals surface area contributed by atoms with Crippen LogP contribution in [-0.2, 0) is 16.1 Å². The lowest BCUT2D eigenvalue weighted by Gasteiger charge is -2.41. The van der Waals surface area contributed by atoms with E-state index in [2.05, 4.69) is 10.1 Å². The van der Waals surface area contributed by atoms with Crippen molar-refractivity contribution in [3.8, 4) is 10.1 Å². The summed E-state index contributed by atoms with van der Waals surface area (Å²) in [6.45, 7) is 11.0. The molecule has 2 aromatic heterocycles. The fourth-order valence-corrected chi connectivity index (χ4v) is 6.19. The second kappa shape index (κ2) is 9.46. The van der Waals surface area contributed by atoms with Gasteiger partial charge in [-0.05, 0) is 46.8 Å². The molecule has 3 aliphatic rings. The van der Waals surface area contributed by atoms with Gasteiger partial charge < -0.3 is 19.1 Å². The molecule has 1 amide bonds. The standard InChI is InChI=1S/C27H29F2N5O4S/c1-13-11-36-12-16-19-21(20-17(28)7-6-8-18(20)29)30-14(2)23-31-22(32-34(23)25(19)39-26(16)37-13)24(35)33-9-15(10-33)38-27(3,4)5/h6-8,13-15H,9-12H2,1-5H3/t13-,14-/m0/s1. The highest BCUT2D eigenvalue weighted by Gasteiger charge is 2.39. The van der Waals surface area contributed by atoms with Gasteiger partial charge in [-0.15, -0.1) is 5.10 Å². The minimum atomic E-state index is -0.733. The number of fused-ring (bicyclic) bond motifs is 5. The van der Waals surface area contributed by atoms with Crippen molar-refractivity contribution in [1.29, 1.82) is 0 Å². The van der Waals surface area contributed by atoms with Crippen LogP contribution >= 0.6 is 11.3 Å². The molecule has 9 nitrogen and oxygen atoms in total. The molecule has 5 heterocycles. The topological polar surface area (TPSA) is 91.1 Å². The number of halogens is 2. The van der Waals surface area contributed by atoms with E-state index >= 15 is 8.78 Å². The summed E-state index contributed by atoms with van der Waals surface area (Å²) in [5.41, 5.74) is 0.691. The molecule has 1 aromatic carbocycles. The van der Waals surface area contributed by atoms with Crippen molar-refractivity contribution in [2.45, 2.75) is 65.1 Å². The Balaban J connectivity index is 1.44. The van der Waals surface area contributed by atoms with Gasteiger partial charge in [-0.3, -0.25) is 9.79 Å². The van der Waals surface area contributed by atoms with Crippen LogP contribution in [0.25, 0.3) is 5.00 Å². The first-order valence-electron chi connectivity index (χ1n) is 12.9. The smallest absolute Gasteiger partial charge is 0.293 e. The summed E-state index contributed by atoms with van der Waals surface area (Å²) in [6, 6.07) is 3.07. The maximum atomic E-state index is 15.1. The van der Waals surface area contributed by atoms with Crippen LogP contribution in [0.15, 0.2) is 23.2 Å². The van der Waals surface area contributed by atoms with E-state index in [-0.39, 0.29) is 47.4 Å². The molecule has 39 heavy (non-hydrogen) atoms. The molecular weight excluding hydrogens is 528 g/mol. The van der Waals surface area contributed by atoms with E-state index in [1.54, 1.807) is 16.5 Å². The number of aromatic nitrogens is 3. The van der Waals surface area contributed by atoms with E-state index in [0.717, 1.165) is 0 Å². The lowest BCUT2D eigenvalue weighted by atomic mass is 9.99. The molecule has 0 saturated carbocycles. The van der Waals surface area contributed by atoms with Crippen LogP contribution < -0.4 is 4.74 Å². The van der Waals surface area contributed by atoms with Crippen molar-refractivity contribution < 1.29 is 27.8 Å². The van der Waals surface area contributed by atoms with Crippen LogP contribution in [-0.4, -0.2) is 68.8 Å². The molecule has 12 heteroatoms. The van der Waals surface area contributed by atoms with Crippen LogP contribution in [0.3, 0.4) is 0 Å². The minimum Gasteiger partial charge on any atom is -0.478 e. The quantitative estimate of drug-likeness (QED) is 0.473. The van der Waals surface area contributed by atoms with Crippen LogP contribution in [0.4, 0.5) is 8.78 Å². The van der Waals surface area contributed by atoms with Gasteiger partial charge in [0.2, 0.25) is 5.82 Å². The second-order valence-corrected chi connectivity index (χ2v) is 12.0. The second-order valence-electron chi connectivity index (χ2n) is 11.0. The molecule has 3 aliphatic heterocycles. The normalized spacial score (nSPS) is 21.1. The van der Waals surface area contributed by atoms with Gasteiger partial charge in [0.1, 0.15) is 28.8 Å². The van der Waals surface area contributed by atoms with Gasteiger partial charge >= 0.3 is 0 Å². The Morgan fingerprint density at radius 3 is 2.56 bits per heavy atom. The highest BCUT2D eigenvalue weighted by Crippen LogP contribution is 2.44. The van der Waals surface area contributed by atoms with Crippen molar-refractivity contribution in [3.63, 3.8) is 0 Å². The summed E-state index contributed by atoms with van der Waals surface area (Å²) in [5, 5.41) is 5.67. The molecule has 2 atom stereocenters. The van der Waals surface area contributed by atoms with Gasteiger partial charge in [-0.2, -0.15) is 0 Å². The monoisotopic (exact) mass is 557 g/mol. The van der Waals surface area contributed by atoms with Crippen LogP contribution in [0, 0.1) is 11.6 Å². The molecule has 0 N–H and O–H groups in total. The van der Waals surface area contributed by atoms with E-state index in [4.69, 9.17) is 19.2 Å². The zero-order valence-electron chi connectivity index (χ0n) is 22.3. The number of hydrogen-bond acceptors (Lipinski definition) is 8. The summed E-state index contributed by atoms with van der Waals surface area (Å²) in [6.07, 6.45) is -0.269. The zero-order valence-corrected chi connectivity index (χ0v) is 23.1. The summed E-state index contributed by atoms with van der Waals surface area (Å²) in [5.74, 6) is -1.36. The predicted octanol–water partition coefficient (Wildman–Crippen LogP) is 4.46.